The van der Waals surface area contributed by atoms with Crippen molar-refractivity contribution in [3.05, 3.63) is 42.8 Å². The molecule has 0 fully saturated rings. The number of carbonyl (C=O) groups excluding carboxylic acids is 1. The van der Waals surface area contributed by atoms with Gasteiger partial charge in [0.25, 0.3) is 0 Å². The zero-order chi connectivity index (χ0) is 8.81. The minimum absolute atomic E-state index is 0.415. The highest BCUT2D eigenvalue weighted by Crippen LogP contribution is 1.92. The minimum Gasteiger partial charge on any atom is -0.273 e. The second kappa shape index (κ2) is 4.28. The van der Waals surface area contributed by atoms with Crippen LogP contribution in [0.5, 0.6) is 0 Å². The van der Waals surface area contributed by atoms with Gasteiger partial charge in [-0.25, -0.2) is 5.43 Å². The first-order valence-corrected chi connectivity index (χ1v) is 3.49. The lowest BCUT2D eigenvalue weighted by molar-refractivity contribution is -0.116. The average molecular weight is 161 g/mol. The van der Waals surface area contributed by atoms with Crippen LogP contribution in [0.2, 0.25) is 0 Å². The van der Waals surface area contributed by atoms with Crippen LogP contribution in [0.4, 0.5) is 0 Å². The second-order valence-corrected chi connectivity index (χ2v) is 2.20. The van der Waals surface area contributed by atoms with Crippen molar-refractivity contribution in [1.82, 2.24) is 5.43 Å². The predicted octanol–water partition coefficient (Wildman–Crippen LogP) is 0.971. The Balaban J connectivity index is 2.52. The number of rotatable bonds is 2. The maximum Gasteiger partial charge on any atom is 0.240 e. The molecule has 1 N–H and O–H groups in total. The lowest BCUT2D eigenvalue weighted by Gasteiger charge is -1.91. The Kier molecular flexibility index (Phi) is 3.02. The largest absolute Gasteiger partial charge is 0.273 e. The van der Waals surface area contributed by atoms with Gasteiger partial charge in [-0.15, -0.1) is 0 Å². The number of hydrogen-bond donors (Lipinski definition) is 1. The Morgan fingerprint density at radius 3 is 2.67 bits per heavy atom. The Morgan fingerprint density at radius 1 is 1.42 bits per heavy atom. The Labute approximate surface area is 71.1 Å². The molecule has 0 unspecified atom stereocenters. The molecule has 0 heterocycles. The van der Waals surface area contributed by atoms with Crippen molar-refractivity contribution in [3.8, 4) is 0 Å². The van der Waals surface area contributed by atoms with Gasteiger partial charge in [-0.2, -0.15) is 5.10 Å². The smallest absolute Gasteiger partial charge is 0.240 e. The molecule has 0 saturated carbocycles. The van der Waals surface area contributed by atoms with E-state index in [1.807, 2.05) is 30.3 Å². The van der Waals surface area contributed by atoms with Crippen LogP contribution in [0.1, 0.15) is 5.56 Å². The summed E-state index contributed by atoms with van der Waals surface area (Å²) in [5, 5.41) is 3.65. The third-order valence-corrected chi connectivity index (χ3v) is 1.20. The van der Waals surface area contributed by atoms with E-state index in [2.05, 4.69) is 17.5 Å². The van der Waals surface area contributed by atoms with Gasteiger partial charge in [-0.05, 0) is 5.56 Å². The second-order valence-electron chi connectivity index (χ2n) is 2.20. The fourth-order valence-electron chi connectivity index (χ4n) is 0.718. The van der Waals surface area contributed by atoms with Crippen molar-refractivity contribution in [2.75, 3.05) is 0 Å². The van der Waals surface area contributed by atoms with Gasteiger partial charge in [0, 0.05) is 6.92 Å². The lowest BCUT2D eigenvalue weighted by Crippen LogP contribution is -2.12. The number of amides is 1. The summed E-state index contributed by atoms with van der Waals surface area (Å²) in [4.78, 5) is 10.3. The molecule has 1 aromatic carbocycles. The van der Waals surface area contributed by atoms with Gasteiger partial charge >= 0.3 is 0 Å². The van der Waals surface area contributed by atoms with Gasteiger partial charge < -0.3 is 0 Å². The van der Waals surface area contributed by atoms with Gasteiger partial charge in [-0.1, -0.05) is 30.3 Å². The highest BCUT2D eigenvalue weighted by Gasteiger charge is 1.85. The maximum atomic E-state index is 10.3. The van der Waals surface area contributed by atoms with Gasteiger partial charge in [-0.3, -0.25) is 4.79 Å². The number of nitrogens with zero attached hydrogens (tertiary/aromatic N) is 1. The number of nitrogens with one attached hydrogen (secondary N) is 1. The van der Waals surface area contributed by atoms with Gasteiger partial charge in [0.2, 0.25) is 5.91 Å². The molecule has 1 aromatic rings. The predicted molar refractivity (Wildman–Crippen MR) is 47.5 cm³/mol. The van der Waals surface area contributed by atoms with E-state index in [0.717, 1.165) is 5.56 Å². The van der Waals surface area contributed by atoms with E-state index in [1.54, 1.807) is 6.21 Å². The average Bonchev–Trinajstić information content (AvgIpc) is 2.05. The Bertz CT molecular complexity index is 280. The highest BCUT2D eigenvalue weighted by atomic mass is 16.2. The molecule has 0 bridgehead atoms. The summed E-state index contributed by atoms with van der Waals surface area (Å²) in [5.41, 5.74) is 3.15. The molecule has 1 radical (unpaired) electrons. The quantitative estimate of drug-likeness (QED) is 0.509. The SMILES string of the molecule is [CH2]C(=O)NN=Cc1ccccc1. The van der Waals surface area contributed by atoms with Crippen LogP contribution < -0.4 is 5.43 Å². The number of hydrogen-bond acceptors (Lipinski definition) is 2. The Morgan fingerprint density at radius 2 is 2.08 bits per heavy atom. The fraction of sp³-hybridized carbons (Fsp3) is 0. The summed E-state index contributed by atoms with van der Waals surface area (Å²) in [6.45, 7) is 3.11. The summed E-state index contributed by atoms with van der Waals surface area (Å²) in [6, 6.07) is 9.48. The summed E-state index contributed by atoms with van der Waals surface area (Å²) >= 11 is 0. The molecule has 12 heavy (non-hydrogen) atoms. The van der Waals surface area contributed by atoms with E-state index in [0.29, 0.717) is 0 Å². The van der Waals surface area contributed by atoms with E-state index < -0.39 is 5.91 Å². The topological polar surface area (TPSA) is 41.5 Å². The number of hydrazone groups is 1. The van der Waals surface area contributed by atoms with Crippen LogP contribution >= 0.6 is 0 Å². The molecule has 0 aromatic heterocycles. The van der Waals surface area contributed by atoms with E-state index in [1.165, 1.54) is 0 Å². The molecule has 1 amide bonds. The molecule has 3 heteroatoms. The van der Waals surface area contributed by atoms with Gasteiger partial charge in [0.15, 0.2) is 0 Å². The van der Waals surface area contributed by atoms with Crippen LogP contribution in [0.3, 0.4) is 0 Å². The van der Waals surface area contributed by atoms with Crippen LogP contribution in [-0.4, -0.2) is 12.1 Å². The van der Waals surface area contributed by atoms with Crippen molar-refractivity contribution in [2.24, 2.45) is 5.10 Å². The van der Waals surface area contributed by atoms with E-state index in [-0.39, 0.29) is 0 Å². The monoisotopic (exact) mass is 161 g/mol. The number of benzene rings is 1. The molecule has 0 aliphatic heterocycles. The van der Waals surface area contributed by atoms with Crippen molar-refractivity contribution in [3.63, 3.8) is 0 Å². The van der Waals surface area contributed by atoms with E-state index >= 15 is 0 Å². The molecule has 1 rings (SSSR count). The summed E-state index contributed by atoms with van der Waals surface area (Å²) in [6.07, 6.45) is 1.56. The van der Waals surface area contributed by atoms with E-state index in [4.69, 9.17) is 0 Å². The Hall–Kier alpha value is -1.64. The van der Waals surface area contributed by atoms with E-state index in [9.17, 15) is 4.79 Å². The molecule has 3 nitrogen and oxygen atoms in total. The van der Waals surface area contributed by atoms with Crippen molar-refractivity contribution in [2.45, 2.75) is 0 Å². The molecular weight excluding hydrogens is 152 g/mol. The van der Waals surface area contributed by atoms with Crippen molar-refractivity contribution >= 4 is 12.1 Å². The molecular formula is C9H9N2O. The molecule has 61 valence electrons. The summed E-state index contributed by atoms with van der Waals surface area (Å²) < 4.78 is 0. The van der Waals surface area contributed by atoms with Crippen molar-refractivity contribution < 1.29 is 4.79 Å². The summed E-state index contributed by atoms with van der Waals surface area (Å²) in [5.74, 6) is -0.415. The molecule has 0 aliphatic rings. The normalized spacial score (nSPS) is 10.1. The first-order valence-electron chi connectivity index (χ1n) is 3.49. The third kappa shape index (κ3) is 2.96. The van der Waals surface area contributed by atoms with Gasteiger partial charge in [0.1, 0.15) is 0 Å². The fourth-order valence-corrected chi connectivity index (χ4v) is 0.718. The standard InChI is InChI=1S/C9H9N2O/c1-8(12)11-10-7-9-5-3-2-4-6-9/h2-7H,1H2,(H,11,12). The zero-order valence-corrected chi connectivity index (χ0v) is 6.53. The lowest BCUT2D eigenvalue weighted by atomic mass is 10.2. The zero-order valence-electron chi connectivity index (χ0n) is 6.53. The van der Waals surface area contributed by atoms with Crippen LogP contribution in [-0.2, 0) is 4.79 Å². The van der Waals surface area contributed by atoms with Gasteiger partial charge in [0.05, 0.1) is 6.21 Å². The molecule has 0 atom stereocenters. The third-order valence-electron chi connectivity index (χ3n) is 1.20. The molecule has 0 spiro atoms. The van der Waals surface area contributed by atoms with Crippen LogP contribution in [0.25, 0.3) is 0 Å². The highest BCUT2D eigenvalue weighted by molar-refractivity contribution is 5.83. The maximum absolute atomic E-state index is 10.3. The molecule has 0 saturated heterocycles. The van der Waals surface area contributed by atoms with Crippen molar-refractivity contribution in [1.29, 1.82) is 0 Å². The van der Waals surface area contributed by atoms with Crippen LogP contribution in [0.15, 0.2) is 35.4 Å². The number of carbonyl (C=O) groups is 1. The first kappa shape index (κ1) is 8.46. The van der Waals surface area contributed by atoms with Crippen LogP contribution in [0, 0.1) is 6.92 Å². The minimum atomic E-state index is -0.415. The first-order chi connectivity index (χ1) is 5.79. The molecule has 0 aliphatic carbocycles. The summed E-state index contributed by atoms with van der Waals surface area (Å²) in [7, 11) is 0.